The van der Waals surface area contributed by atoms with Crippen LogP contribution < -0.4 is 10.1 Å². The monoisotopic (exact) mass is 410 g/mol. The number of para-hydroxylation sites is 1. The van der Waals surface area contributed by atoms with Crippen molar-refractivity contribution in [2.45, 2.75) is 19.6 Å². The molecule has 0 atom stereocenters. The number of nitrogens with one attached hydrogen (secondary N) is 1. The maximum Gasteiger partial charge on any atom is 0.255 e. The van der Waals surface area contributed by atoms with Crippen LogP contribution in [0.2, 0.25) is 0 Å². The Kier molecular flexibility index (Phi) is 6.22. The molecule has 0 bridgehead atoms. The van der Waals surface area contributed by atoms with Crippen LogP contribution >= 0.6 is 11.3 Å². The van der Waals surface area contributed by atoms with Gasteiger partial charge in [-0.15, -0.1) is 11.3 Å². The molecule has 6 heteroatoms. The van der Waals surface area contributed by atoms with Crippen LogP contribution in [0.4, 0.5) is 4.39 Å². The number of fused-ring (bicyclic) bond motifs is 1. The van der Waals surface area contributed by atoms with Gasteiger partial charge in [0.2, 0.25) is 0 Å². The summed E-state index contributed by atoms with van der Waals surface area (Å²) >= 11 is 1.83. The van der Waals surface area contributed by atoms with Crippen molar-refractivity contribution in [2.75, 3.05) is 19.6 Å². The molecule has 150 valence electrons. The number of benzene rings is 2. The van der Waals surface area contributed by atoms with E-state index in [0.717, 1.165) is 31.6 Å². The zero-order valence-corrected chi connectivity index (χ0v) is 16.9. The molecule has 3 aromatic rings. The first kappa shape index (κ1) is 19.6. The normalized spacial score (nSPS) is 13.7. The lowest BCUT2D eigenvalue weighted by molar-refractivity contribution is 0.0943. The Morgan fingerprint density at radius 1 is 1.14 bits per heavy atom. The fraction of sp³-hybridized carbons (Fsp3) is 0.261. The molecule has 0 unspecified atom stereocenters. The van der Waals surface area contributed by atoms with E-state index in [-0.39, 0.29) is 18.3 Å². The molecular formula is C23H23FN2O2S. The van der Waals surface area contributed by atoms with E-state index in [4.69, 9.17) is 4.74 Å². The highest BCUT2D eigenvalue weighted by Crippen LogP contribution is 2.23. The van der Waals surface area contributed by atoms with E-state index in [9.17, 15) is 9.18 Å². The number of carbonyl (C=O) groups excluding carboxylic acids is 1. The van der Waals surface area contributed by atoms with Gasteiger partial charge < -0.3 is 10.1 Å². The Morgan fingerprint density at radius 2 is 1.97 bits per heavy atom. The molecule has 0 radical (unpaired) electrons. The molecule has 1 aliphatic rings. The zero-order valence-electron chi connectivity index (χ0n) is 16.1. The highest BCUT2D eigenvalue weighted by molar-refractivity contribution is 7.10. The van der Waals surface area contributed by atoms with Crippen molar-refractivity contribution in [1.29, 1.82) is 0 Å². The molecule has 2 aromatic carbocycles. The Labute approximate surface area is 173 Å². The number of halogens is 1. The minimum Gasteiger partial charge on any atom is -0.488 e. The molecule has 4 rings (SSSR count). The Hall–Kier alpha value is -2.70. The summed E-state index contributed by atoms with van der Waals surface area (Å²) in [6.45, 7) is 3.67. The van der Waals surface area contributed by atoms with E-state index < -0.39 is 0 Å². The van der Waals surface area contributed by atoms with Crippen LogP contribution in [-0.2, 0) is 19.6 Å². The van der Waals surface area contributed by atoms with Crippen molar-refractivity contribution in [2.24, 2.45) is 0 Å². The van der Waals surface area contributed by atoms with Gasteiger partial charge in [0, 0.05) is 31.1 Å². The third-order valence-electron chi connectivity index (χ3n) is 5.04. The second-order valence-corrected chi connectivity index (χ2v) is 8.06. The van der Waals surface area contributed by atoms with Gasteiger partial charge in [-0.1, -0.05) is 24.3 Å². The van der Waals surface area contributed by atoms with Gasteiger partial charge in [-0.3, -0.25) is 9.69 Å². The fourth-order valence-electron chi connectivity index (χ4n) is 3.44. The molecule has 1 amide bonds. The molecule has 0 aliphatic carbocycles. The van der Waals surface area contributed by atoms with Gasteiger partial charge in [-0.05, 0) is 53.3 Å². The average molecular weight is 411 g/mol. The van der Waals surface area contributed by atoms with E-state index in [1.54, 1.807) is 24.3 Å². The van der Waals surface area contributed by atoms with E-state index >= 15 is 0 Å². The van der Waals surface area contributed by atoms with E-state index in [2.05, 4.69) is 21.7 Å². The molecule has 1 aliphatic heterocycles. The van der Waals surface area contributed by atoms with Crippen LogP contribution in [0, 0.1) is 5.82 Å². The highest BCUT2D eigenvalue weighted by Gasteiger charge is 2.17. The molecule has 1 N–H and O–H groups in total. The largest absolute Gasteiger partial charge is 0.488 e. The Balaban J connectivity index is 1.30. The summed E-state index contributed by atoms with van der Waals surface area (Å²) in [4.78, 5) is 16.5. The lowest BCUT2D eigenvalue weighted by atomic mass is 10.1. The lowest BCUT2D eigenvalue weighted by Crippen LogP contribution is -2.37. The van der Waals surface area contributed by atoms with Crippen molar-refractivity contribution in [1.82, 2.24) is 10.2 Å². The predicted molar refractivity (Wildman–Crippen MR) is 113 cm³/mol. The summed E-state index contributed by atoms with van der Waals surface area (Å²) in [5, 5.41) is 5.15. The zero-order chi connectivity index (χ0) is 20.1. The molecule has 0 fully saturated rings. The number of hydrogen-bond donors (Lipinski definition) is 1. The molecule has 1 aromatic heterocycles. The van der Waals surface area contributed by atoms with Crippen LogP contribution in [-0.4, -0.2) is 30.4 Å². The minimum atomic E-state index is -0.280. The van der Waals surface area contributed by atoms with Crippen molar-refractivity contribution >= 4 is 17.2 Å². The van der Waals surface area contributed by atoms with Gasteiger partial charge in [-0.25, -0.2) is 4.39 Å². The van der Waals surface area contributed by atoms with E-state index in [1.165, 1.54) is 22.6 Å². The summed E-state index contributed by atoms with van der Waals surface area (Å²) in [5.41, 5.74) is 2.76. The van der Waals surface area contributed by atoms with Crippen molar-refractivity contribution < 1.29 is 13.9 Å². The fourth-order valence-corrected chi connectivity index (χ4v) is 4.33. The Bertz CT molecular complexity index is 971. The predicted octanol–water partition coefficient (Wildman–Crippen LogP) is 4.25. The van der Waals surface area contributed by atoms with Crippen LogP contribution in [0.3, 0.4) is 0 Å². The van der Waals surface area contributed by atoms with E-state index in [1.807, 2.05) is 23.5 Å². The maximum absolute atomic E-state index is 13.0. The summed E-state index contributed by atoms with van der Waals surface area (Å²) in [7, 11) is 0. The van der Waals surface area contributed by atoms with Crippen molar-refractivity contribution in [3.05, 3.63) is 87.4 Å². The number of nitrogens with zero attached hydrogens (tertiary/aromatic N) is 1. The molecular weight excluding hydrogens is 387 g/mol. The van der Waals surface area contributed by atoms with Gasteiger partial charge in [0.25, 0.3) is 5.91 Å². The topological polar surface area (TPSA) is 41.6 Å². The first-order valence-electron chi connectivity index (χ1n) is 9.71. The van der Waals surface area contributed by atoms with Gasteiger partial charge in [0.15, 0.2) is 0 Å². The number of rotatable bonds is 7. The molecule has 0 saturated heterocycles. The van der Waals surface area contributed by atoms with Crippen molar-refractivity contribution in [3.63, 3.8) is 0 Å². The highest BCUT2D eigenvalue weighted by atomic mass is 32.1. The number of amides is 1. The SMILES string of the molecule is O=C(NCCN1CCc2sccc2C1)c1ccccc1OCc1ccc(F)cc1. The van der Waals surface area contributed by atoms with Crippen LogP contribution in [0.5, 0.6) is 5.75 Å². The van der Waals surface area contributed by atoms with Crippen LogP contribution in [0.25, 0.3) is 0 Å². The number of ether oxygens (including phenoxy) is 1. The number of carbonyl (C=O) groups is 1. The Morgan fingerprint density at radius 3 is 2.83 bits per heavy atom. The molecule has 2 heterocycles. The molecule has 29 heavy (non-hydrogen) atoms. The van der Waals surface area contributed by atoms with Crippen LogP contribution in [0.1, 0.15) is 26.4 Å². The second-order valence-electron chi connectivity index (χ2n) is 7.06. The molecule has 0 spiro atoms. The third-order valence-corrected chi connectivity index (χ3v) is 6.06. The summed E-state index contributed by atoms with van der Waals surface area (Å²) in [6.07, 6.45) is 1.08. The summed E-state index contributed by atoms with van der Waals surface area (Å²) in [5.74, 6) is 0.0978. The number of thiophene rings is 1. The quantitative estimate of drug-likeness (QED) is 0.633. The van der Waals surface area contributed by atoms with Crippen LogP contribution in [0.15, 0.2) is 60.0 Å². The summed E-state index contributed by atoms with van der Waals surface area (Å²) in [6, 6.07) is 15.5. The van der Waals surface area contributed by atoms with Gasteiger partial charge in [0.05, 0.1) is 5.56 Å². The average Bonchev–Trinajstić information content (AvgIpc) is 3.21. The summed E-state index contributed by atoms with van der Waals surface area (Å²) < 4.78 is 18.9. The smallest absolute Gasteiger partial charge is 0.255 e. The van der Waals surface area contributed by atoms with Gasteiger partial charge in [0.1, 0.15) is 18.2 Å². The lowest BCUT2D eigenvalue weighted by Gasteiger charge is -2.26. The second kappa shape index (κ2) is 9.20. The van der Waals surface area contributed by atoms with Gasteiger partial charge >= 0.3 is 0 Å². The van der Waals surface area contributed by atoms with Gasteiger partial charge in [-0.2, -0.15) is 0 Å². The first-order valence-corrected chi connectivity index (χ1v) is 10.6. The third kappa shape index (κ3) is 5.02. The maximum atomic E-state index is 13.0. The standard InChI is InChI=1S/C23H23FN2O2S/c24-19-7-5-17(6-8-19)16-28-21-4-2-1-3-20(21)23(27)25-11-13-26-12-9-22-18(15-26)10-14-29-22/h1-8,10,14H,9,11-13,15-16H2,(H,25,27). The first-order chi connectivity index (χ1) is 14.2. The van der Waals surface area contributed by atoms with E-state index in [0.29, 0.717) is 17.9 Å². The minimum absolute atomic E-state index is 0.145. The molecule has 4 nitrogen and oxygen atoms in total. The van der Waals surface area contributed by atoms with Crippen molar-refractivity contribution in [3.8, 4) is 5.75 Å². The molecule has 0 saturated carbocycles. The number of hydrogen-bond acceptors (Lipinski definition) is 4.